The van der Waals surface area contributed by atoms with Crippen molar-refractivity contribution in [2.24, 2.45) is 5.92 Å². The van der Waals surface area contributed by atoms with Crippen LogP contribution in [0.3, 0.4) is 0 Å². The van der Waals surface area contributed by atoms with Gasteiger partial charge in [0.05, 0.1) is 17.1 Å². The number of hydrogen-bond acceptors (Lipinski definition) is 4. The fourth-order valence-corrected chi connectivity index (χ4v) is 4.36. The second kappa shape index (κ2) is 8.10. The Labute approximate surface area is 148 Å². The van der Waals surface area contributed by atoms with Gasteiger partial charge >= 0.3 is 0 Å². The molecule has 2 aliphatic rings. The highest BCUT2D eigenvalue weighted by atomic mass is 32.1. The quantitative estimate of drug-likeness (QED) is 0.821. The minimum atomic E-state index is 0.123. The maximum atomic E-state index is 12.3. The SMILES string of the molecule is Cc1nc(CC(=O)N2CCN(C(=O)CCC3CCCC3)CC2)cs1. The smallest absolute Gasteiger partial charge is 0.228 e. The van der Waals surface area contributed by atoms with E-state index in [2.05, 4.69) is 4.98 Å². The topological polar surface area (TPSA) is 53.5 Å². The van der Waals surface area contributed by atoms with Crippen molar-refractivity contribution in [1.82, 2.24) is 14.8 Å². The lowest BCUT2D eigenvalue weighted by molar-refractivity contribution is -0.139. The van der Waals surface area contributed by atoms with E-state index in [0.29, 0.717) is 39.0 Å². The molecular formula is C18H27N3O2S. The second-order valence-electron chi connectivity index (χ2n) is 6.99. The molecule has 1 aliphatic heterocycles. The van der Waals surface area contributed by atoms with Crippen molar-refractivity contribution >= 4 is 23.2 Å². The molecule has 1 aliphatic carbocycles. The average Bonchev–Trinajstić information content (AvgIpc) is 3.24. The Balaban J connectivity index is 1.39. The fraction of sp³-hybridized carbons (Fsp3) is 0.722. The standard InChI is InChI=1S/C18H27N3O2S/c1-14-19-16(13-24-14)12-18(23)21-10-8-20(9-11-21)17(22)7-6-15-4-2-3-5-15/h13,15H,2-12H2,1H3. The zero-order valence-corrected chi connectivity index (χ0v) is 15.3. The lowest BCUT2D eigenvalue weighted by atomic mass is 10.0. The number of amides is 2. The summed E-state index contributed by atoms with van der Waals surface area (Å²) in [4.78, 5) is 32.8. The van der Waals surface area contributed by atoms with Crippen molar-refractivity contribution in [2.75, 3.05) is 26.2 Å². The molecular weight excluding hydrogens is 322 g/mol. The van der Waals surface area contributed by atoms with E-state index in [0.717, 1.165) is 23.0 Å². The van der Waals surface area contributed by atoms with E-state index in [1.807, 2.05) is 22.1 Å². The summed E-state index contributed by atoms with van der Waals surface area (Å²) < 4.78 is 0. The van der Waals surface area contributed by atoms with Crippen molar-refractivity contribution in [3.8, 4) is 0 Å². The Morgan fingerprint density at radius 3 is 2.33 bits per heavy atom. The van der Waals surface area contributed by atoms with Gasteiger partial charge in [-0.2, -0.15) is 0 Å². The van der Waals surface area contributed by atoms with Crippen molar-refractivity contribution in [3.05, 3.63) is 16.1 Å². The normalized spacial score (nSPS) is 19.0. The number of aromatic nitrogens is 1. The van der Waals surface area contributed by atoms with Gasteiger partial charge in [0, 0.05) is 38.0 Å². The van der Waals surface area contributed by atoms with Crippen LogP contribution in [0.2, 0.25) is 0 Å². The molecule has 2 amide bonds. The van der Waals surface area contributed by atoms with Crippen LogP contribution in [0.4, 0.5) is 0 Å². The van der Waals surface area contributed by atoms with Crippen LogP contribution in [0.15, 0.2) is 5.38 Å². The van der Waals surface area contributed by atoms with E-state index in [-0.39, 0.29) is 11.8 Å². The van der Waals surface area contributed by atoms with E-state index >= 15 is 0 Å². The third kappa shape index (κ3) is 4.56. The van der Waals surface area contributed by atoms with E-state index in [4.69, 9.17) is 0 Å². The van der Waals surface area contributed by atoms with Crippen LogP contribution < -0.4 is 0 Å². The van der Waals surface area contributed by atoms with Gasteiger partial charge in [-0.15, -0.1) is 11.3 Å². The summed E-state index contributed by atoms with van der Waals surface area (Å²) in [5, 5.41) is 2.95. The lowest BCUT2D eigenvalue weighted by Crippen LogP contribution is -2.51. The number of nitrogens with zero attached hydrogens (tertiary/aromatic N) is 3. The van der Waals surface area contributed by atoms with Crippen molar-refractivity contribution in [1.29, 1.82) is 0 Å². The van der Waals surface area contributed by atoms with Gasteiger partial charge in [0.2, 0.25) is 11.8 Å². The van der Waals surface area contributed by atoms with E-state index < -0.39 is 0 Å². The molecule has 1 saturated heterocycles. The van der Waals surface area contributed by atoms with Crippen molar-refractivity contribution in [2.45, 2.75) is 51.9 Å². The molecule has 2 fully saturated rings. The predicted octanol–water partition coefficient (Wildman–Crippen LogP) is 2.64. The minimum absolute atomic E-state index is 0.123. The first kappa shape index (κ1) is 17.4. The number of rotatable bonds is 5. The van der Waals surface area contributed by atoms with Crippen LogP contribution >= 0.6 is 11.3 Å². The summed E-state index contributed by atoms with van der Waals surface area (Å²) in [6, 6.07) is 0. The first-order chi connectivity index (χ1) is 11.6. The highest BCUT2D eigenvalue weighted by molar-refractivity contribution is 7.09. The molecule has 24 heavy (non-hydrogen) atoms. The molecule has 0 spiro atoms. The van der Waals surface area contributed by atoms with Gasteiger partial charge in [0.25, 0.3) is 0 Å². The van der Waals surface area contributed by atoms with E-state index in [1.54, 1.807) is 11.3 Å². The van der Waals surface area contributed by atoms with Crippen molar-refractivity contribution < 1.29 is 9.59 Å². The maximum Gasteiger partial charge on any atom is 0.228 e. The van der Waals surface area contributed by atoms with Crippen LogP contribution in [0.25, 0.3) is 0 Å². The molecule has 0 N–H and O–H groups in total. The van der Waals surface area contributed by atoms with Crippen LogP contribution in [-0.4, -0.2) is 52.8 Å². The fourth-order valence-electron chi connectivity index (χ4n) is 3.75. The number of hydrogen-bond donors (Lipinski definition) is 0. The van der Waals surface area contributed by atoms with E-state index in [9.17, 15) is 9.59 Å². The Bertz CT molecular complexity index is 573. The van der Waals surface area contributed by atoms with Crippen LogP contribution in [0.5, 0.6) is 0 Å². The Morgan fingerprint density at radius 1 is 1.12 bits per heavy atom. The molecule has 1 saturated carbocycles. The molecule has 0 radical (unpaired) electrons. The number of thiazole rings is 1. The first-order valence-electron chi connectivity index (χ1n) is 9.08. The first-order valence-corrected chi connectivity index (χ1v) is 9.96. The van der Waals surface area contributed by atoms with E-state index in [1.165, 1.54) is 25.7 Å². The zero-order chi connectivity index (χ0) is 16.9. The molecule has 1 aromatic rings. The number of aryl methyl sites for hydroxylation is 1. The molecule has 6 heteroatoms. The van der Waals surface area contributed by atoms with Gasteiger partial charge in [-0.25, -0.2) is 4.98 Å². The summed E-state index contributed by atoms with van der Waals surface area (Å²) >= 11 is 1.58. The summed E-state index contributed by atoms with van der Waals surface area (Å²) in [6.45, 7) is 4.60. The van der Waals surface area contributed by atoms with Gasteiger partial charge in [-0.1, -0.05) is 25.7 Å². The highest BCUT2D eigenvalue weighted by Gasteiger charge is 2.25. The van der Waals surface area contributed by atoms with Crippen molar-refractivity contribution in [3.63, 3.8) is 0 Å². The van der Waals surface area contributed by atoms with Gasteiger partial charge in [0.15, 0.2) is 0 Å². The molecule has 2 heterocycles. The average molecular weight is 350 g/mol. The lowest BCUT2D eigenvalue weighted by Gasteiger charge is -2.35. The molecule has 0 bridgehead atoms. The molecule has 0 aromatic carbocycles. The van der Waals surface area contributed by atoms with Crippen LogP contribution in [-0.2, 0) is 16.0 Å². The molecule has 5 nitrogen and oxygen atoms in total. The molecule has 3 rings (SSSR count). The largest absolute Gasteiger partial charge is 0.339 e. The maximum absolute atomic E-state index is 12.3. The molecule has 132 valence electrons. The summed E-state index contributed by atoms with van der Waals surface area (Å²) in [5.74, 6) is 1.15. The van der Waals surface area contributed by atoms with Gasteiger partial charge < -0.3 is 9.80 Å². The number of piperazine rings is 1. The van der Waals surface area contributed by atoms with Gasteiger partial charge in [-0.3, -0.25) is 9.59 Å². The molecule has 0 unspecified atom stereocenters. The van der Waals surface area contributed by atoms with Gasteiger partial charge in [0.1, 0.15) is 0 Å². The Morgan fingerprint density at radius 2 is 1.75 bits per heavy atom. The second-order valence-corrected chi connectivity index (χ2v) is 8.05. The predicted molar refractivity (Wildman–Crippen MR) is 94.9 cm³/mol. The van der Waals surface area contributed by atoms with Crippen LogP contribution in [0.1, 0.15) is 49.2 Å². The third-order valence-electron chi connectivity index (χ3n) is 5.23. The summed E-state index contributed by atoms with van der Waals surface area (Å²) in [7, 11) is 0. The molecule has 0 atom stereocenters. The molecule has 1 aromatic heterocycles. The third-order valence-corrected chi connectivity index (χ3v) is 6.05. The highest BCUT2D eigenvalue weighted by Crippen LogP contribution is 2.28. The van der Waals surface area contributed by atoms with Gasteiger partial charge in [-0.05, 0) is 19.3 Å². The summed E-state index contributed by atoms with van der Waals surface area (Å²) in [6.07, 6.45) is 7.35. The number of carbonyl (C=O) groups is 2. The monoisotopic (exact) mass is 349 g/mol. The summed E-state index contributed by atoms with van der Waals surface area (Å²) in [5.41, 5.74) is 0.859. The minimum Gasteiger partial charge on any atom is -0.339 e. The Hall–Kier alpha value is -1.43. The van der Waals surface area contributed by atoms with Crippen LogP contribution in [0, 0.1) is 12.8 Å². The number of carbonyl (C=O) groups excluding carboxylic acids is 2. The zero-order valence-electron chi connectivity index (χ0n) is 14.5. The Kier molecular flexibility index (Phi) is 5.87.